The Bertz CT molecular complexity index is 503. The van der Waals surface area contributed by atoms with Gasteiger partial charge in [0, 0.05) is 18.3 Å². The Balaban J connectivity index is 2.08. The summed E-state index contributed by atoms with van der Waals surface area (Å²) in [5, 5.41) is 16.4. The number of hydrogen-bond donors (Lipinski definition) is 2. The number of nitro benzene ring substituents is 1. The molecule has 1 aliphatic rings. The van der Waals surface area contributed by atoms with Crippen LogP contribution in [-0.4, -0.2) is 36.6 Å². The third kappa shape index (κ3) is 3.49. The van der Waals surface area contributed by atoms with Gasteiger partial charge < -0.3 is 15.4 Å². The molecule has 0 aromatic heterocycles. The molecule has 1 saturated heterocycles. The van der Waals surface area contributed by atoms with Crippen LogP contribution in [0, 0.1) is 10.1 Å². The van der Waals surface area contributed by atoms with Crippen molar-refractivity contribution in [1.29, 1.82) is 0 Å². The molecule has 0 spiro atoms. The van der Waals surface area contributed by atoms with Crippen molar-refractivity contribution in [3.05, 3.63) is 32.8 Å². The van der Waals surface area contributed by atoms with Crippen LogP contribution < -0.4 is 10.6 Å². The summed E-state index contributed by atoms with van der Waals surface area (Å²) in [5.74, 6) is -0.267. The first-order valence-electron chi connectivity index (χ1n) is 5.64. The molecule has 19 heavy (non-hydrogen) atoms. The molecule has 0 radical (unpaired) electrons. The van der Waals surface area contributed by atoms with Crippen LogP contribution >= 0.6 is 15.9 Å². The minimum Gasteiger partial charge on any atom is -0.378 e. The Hall–Kier alpha value is -1.51. The van der Waals surface area contributed by atoms with Gasteiger partial charge in [-0.3, -0.25) is 14.9 Å². The summed E-state index contributed by atoms with van der Waals surface area (Å²) in [6.07, 6.45) is 0. The third-order valence-electron chi connectivity index (χ3n) is 2.65. The van der Waals surface area contributed by atoms with Gasteiger partial charge in [-0.15, -0.1) is 0 Å². The summed E-state index contributed by atoms with van der Waals surface area (Å²) in [6, 6.07) is 4.00. The molecule has 0 saturated carbocycles. The first-order valence-corrected chi connectivity index (χ1v) is 6.43. The normalized spacial score (nSPS) is 18.9. The highest BCUT2D eigenvalue weighted by atomic mass is 79.9. The van der Waals surface area contributed by atoms with Gasteiger partial charge in [0.1, 0.15) is 6.04 Å². The van der Waals surface area contributed by atoms with Crippen molar-refractivity contribution in [2.24, 2.45) is 0 Å². The van der Waals surface area contributed by atoms with Crippen molar-refractivity contribution < 1.29 is 14.5 Å². The molecule has 1 aromatic rings. The first kappa shape index (κ1) is 13.9. The number of anilines is 1. The van der Waals surface area contributed by atoms with Crippen molar-refractivity contribution in [1.82, 2.24) is 5.32 Å². The van der Waals surface area contributed by atoms with E-state index in [9.17, 15) is 14.9 Å². The zero-order chi connectivity index (χ0) is 13.8. The van der Waals surface area contributed by atoms with E-state index in [1.165, 1.54) is 12.1 Å². The average Bonchev–Trinajstić information content (AvgIpc) is 2.41. The Morgan fingerprint density at radius 3 is 3.00 bits per heavy atom. The second-order valence-corrected chi connectivity index (χ2v) is 4.85. The average molecular weight is 330 g/mol. The largest absolute Gasteiger partial charge is 0.378 e. The lowest BCUT2D eigenvalue weighted by Gasteiger charge is -2.22. The molecule has 1 aromatic carbocycles. The number of ether oxygens (including phenoxy) is 1. The van der Waals surface area contributed by atoms with Gasteiger partial charge in [-0.2, -0.15) is 0 Å². The molecule has 102 valence electrons. The summed E-state index contributed by atoms with van der Waals surface area (Å²) in [6.45, 7) is 1.48. The summed E-state index contributed by atoms with van der Waals surface area (Å²) >= 11 is 3.09. The smallest absolute Gasteiger partial charge is 0.285 e. The highest BCUT2D eigenvalue weighted by Gasteiger charge is 2.22. The topological polar surface area (TPSA) is 93.5 Å². The standard InChI is InChI=1S/C11H12BrN3O4/c12-8-2-1-7(5-10(8)15(17)18)14-11(16)9-6-19-4-3-13-9/h1-2,5,9,13H,3-4,6H2,(H,14,16). The van der Waals surface area contributed by atoms with E-state index in [1.807, 2.05) is 0 Å². The number of carbonyl (C=O) groups is 1. The van der Waals surface area contributed by atoms with E-state index in [-0.39, 0.29) is 11.6 Å². The number of nitro groups is 1. The summed E-state index contributed by atoms with van der Waals surface area (Å²) in [7, 11) is 0. The predicted octanol–water partition coefficient (Wildman–Crippen LogP) is 1.28. The SMILES string of the molecule is O=C(Nc1ccc(Br)c([N+](=O)[O-])c1)C1COCCN1. The van der Waals surface area contributed by atoms with Crippen molar-refractivity contribution >= 4 is 33.2 Å². The van der Waals surface area contributed by atoms with Crippen molar-refractivity contribution in [2.75, 3.05) is 25.1 Å². The maximum absolute atomic E-state index is 11.9. The molecule has 1 amide bonds. The Morgan fingerprint density at radius 1 is 1.58 bits per heavy atom. The van der Waals surface area contributed by atoms with E-state index in [0.29, 0.717) is 29.9 Å². The van der Waals surface area contributed by atoms with Crippen LogP contribution in [0.4, 0.5) is 11.4 Å². The van der Waals surface area contributed by atoms with Gasteiger partial charge in [-0.1, -0.05) is 0 Å². The van der Waals surface area contributed by atoms with E-state index >= 15 is 0 Å². The number of nitrogens with one attached hydrogen (secondary N) is 2. The molecule has 1 fully saturated rings. The van der Waals surface area contributed by atoms with Crippen molar-refractivity contribution in [2.45, 2.75) is 6.04 Å². The Kier molecular flexibility index (Phi) is 4.46. The van der Waals surface area contributed by atoms with E-state index in [0.717, 1.165) is 0 Å². The predicted molar refractivity (Wildman–Crippen MR) is 72.0 cm³/mol. The highest BCUT2D eigenvalue weighted by molar-refractivity contribution is 9.10. The fourth-order valence-corrected chi connectivity index (χ4v) is 2.08. The van der Waals surface area contributed by atoms with Gasteiger partial charge in [0.15, 0.2) is 0 Å². The molecule has 2 N–H and O–H groups in total. The molecule has 0 aliphatic carbocycles. The highest BCUT2D eigenvalue weighted by Crippen LogP contribution is 2.27. The van der Waals surface area contributed by atoms with Gasteiger partial charge in [0.25, 0.3) is 5.69 Å². The van der Waals surface area contributed by atoms with Crippen LogP contribution in [0.15, 0.2) is 22.7 Å². The van der Waals surface area contributed by atoms with Crippen LogP contribution in [0.3, 0.4) is 0 Å². The summed E-state index contributed by atoms with van der Waals surface area (Å²) < 4.78 is 5.55. The molecule has 0 bridgehead atoms. The van der Waals surface area contributed by atoms with Crippen LogP contribution in [0.25, 0.3) is 0 Å². The number of rotatable bonds is 3. The molecule has 8 heteroatoms. The lowest BCUT2D eigenvalue weighted by Crippen LogP contribution is -2.48. The van der Waals surface area contributed by atoms with Gasteiger partial charge in [-0.25, -0.2) is 0 Å². The zero-order valence-corrected chi connectivity index (χ0v) is 11.5. The monoisotopic (exact) mass is 329 g/mol. The molecular formula is C11H12BrN3O4. The van der Waals surface area contributed by atoms with E-state index < -0.39 is 11.0 Å². The fraction of sp³-hybridized carbons (Fsp3) is 0.364. The third-order valence-corrected chi connectivity index (χ3v) is 3.32. The number of nitrogens with zero attached hydrogens (tertiary/aromatic N) is 1. The van der Waals surface area contributed by atoms with E-state index in [1.54, 1.807) is 6.07 Å². The number of carbonyl (C=O) groups excluding carboxylic acids is 1. The summed E-state index contributed by atoms with van der Waals surface area (Å²) in [5.41, 5.74) is 0.290. The zero-order valence-electron chi connectivity index (χ0n) is 9.89. The lowest BCUT2D eigenvalue weighted by molar-refractivity contribution is -0.385. The molecular weight excluding hydrogens is 318 g/mol. The number of amides is 1. The summed E-state index contributed by atoms with van der Waals surface area (Å²) in [4.78, 5) is 22.2. The Morgan fingerprint density at radius 2 is 2.37 bits per heavy atom. The Labute approximate surface area is 117 Å². The molecule has 1 atom stereocenters. The molecule has 2 rings (SSSR count). The minimum atomic E-state index is -0.512. The number of hydrogen-bond acceptors (Lipinski definition) is 5. The van der Waals surface area contributed by atoms with Crippen molar-refractivity contribution in [3.63, 3.8) is 0 Å². The lowest BCUT2D eigenvalue weighted by atomic mass is 10.2. The number of benzene rings is 1. The molecule has 1 heterocycles. The van der Waals surface area contributed by atoms with Crippen LogP contribution in [0.1, 0.15) is 0 Å². The first-order chi connectivity index (χ1) is 9.08. The van der Waals surface area contributed by atoms with E-state index in [4.69, 9.17) is 4.74 Å². The van der Waals surface area contributed by atoms with Crippen LogP contribution in [0.5, 0.6) is 0 Å². The van der Waals surface area contributed by atoms with Crippen LogP contribution in [0.2, 0.25) is 0 Å². The molecule has 7 nitrogen and oxygen atoms in total. The maximum Gasteiger partial charge on any atom is 0.285 e. The van der Waals surface area contributed by atoms with Gasteiger partial charge in [0.2, 0.25) is 5.91 Å². The number of halogens is 1. The second-order valence-electron chi connectivity index (χ2n) is 3.99. The van der Waals surface area contributed by atoms with Gasteiger partial charge in [0.05, 0.1) is 22.6 Å². The molecule has 1 aliphatic heterocycles. The van der Waals surface area contributed by atoms with Gasteiger partial charge >= 0.3 is 0 Å². The minimum absolute atomic E-state index is 0.0920. The second kappa shape index (κ2) is 6.09. The van der Waals surface area contributed by atoms with E-state index in [2.05, 4.69) is 26.6 Å². The van der Waals surface area contributed by atoms with Crippen LogP contribution in [-0.2, 0) is 9.53 Å². The van der Waals surface area contributed by atoms with Gasteiger partial charge in [-0.05, 0) is 28.1 Å². The molecule has 1 unspecified atom stereocenters. The fourth-order valence-electron chi connectivity index (χ4n) is 1.69. The van der Waals surface area contributed by atoms with Crippen molar-refractivity contribution in [3.8, 4) is 0 Å². The quantitative estimate of drug-likeness (QED) is 0.643. The maximum atomic E-state index is 11.9. The number of morpholine rings is 1.